The first kappa shape index (κ1) is 21.0. The van der Waals surface area contributed by atoms with Gasteiger partial charge < -0.3 is 19.1 Å². The Kier molecular flexibility index (Phi) is 7.04. The molecule has 0 aromatic heterocycles. The summed E-state index contributed by atoms with van der Waals surface area (Å²) in [5, 5.41) is 0. The van der Waals surface area contributed by atoms with Crippen LogP contribution in [-0.2, 0) is 10.5 Å². The SMILES string of the molecule is COc1ccc(C(C)=O)cc1CSCC(=O)N(C)CC1COc2ccccc2O1. The van der Waals surface area contributed by atoms with E-state index < -0.39 is 0 Å². The number of thioether (sulfide) groups is 1. The molecule has 1 heterocycles. The molecule has 0 fully saturated rings. The van der Waals surface area contributed by atoms with E-state index in [0.717, 1.165) is 17.1 Å². The number of para-hydroxylation sites is 2. The lowest BCUT2D eigenvalue weighted by molar-refractivity contribution is -0.128. The van der Waals surface area contributed by atoms with Crippen molar-refractivity contribution < 1.29 is 23.8 Å². The average molecular weight is 416 g/mol. The monoisotopic (exact) mass is 415 g/mol. The Morgan fingerprint density at radius 3 is 2.69 bits per heavy atom. The van der Waals surface area contributed by atoms with E-state index in [4.69, 9.17) is 14.2 Å². The summed E-state index contributed by atoms with van der Waals surface area (Å²) in [5.41, 5.74) is 1.54. The first-order valence-electron chi connectivity index (χ1n) is 9.36. The van der Waals surface area contributed by atoms with Crippen molar-refractivity contribution in [3.8, 4) is 17.2 Å². The molecular weight excluding hydrogens is 390 g/mol. The van der Waals surface area contributed by atoms with Gasteiger partial charge in [-0.05, 0) is 37.3 Å². The Hall–Kier alpha value is -2.67. The van der Waals surface area contributed by atoms with Crippen LogP contribution in [0.5, 0.6) is 17.2 Å². The van der Waals surface area contributed by atoms with Crippen LogP contribution >= 0.6 is 11.8 Å². The summed E-state index contributed by atoms with van der Waals surface area (Å²) in [7, 11) is 3.37. The van der Waals surface area contributed by atoms with Crippen LogP contribution in [0.4, 0.5) is 0 Å². The molecule has 0 bridgehead atoms. The number of Topliss-reactive ketones (excluding diaryl/α,β-unsaturated/α-hetero) is 1. The molecule has 1 amide bonds. The molecule has 0 N–H and O–H groups in total. The number of benzene rings is 2. The van der Waals surface area contributed by atoms with Crippen LogP contribution in [0.25, 0.3) is 0 Å². The first-order chi connectivity index (χ1) is 14.0. The third kappa shape index (κ3) is 5.44. The Morgan fingerprint density at radius 2 is 1.97 bits per heavy atom. The number of carbonyl (C=O) groups is 2. The molecule has 3 rings (SSSR count). The summed E-state index contributed by atoms with van der Waals surface area (Å²) >= 11 is 1.49. The molecule has 0 spiro atoms. The molecule has 0 radical (unpaired) electrons. The number of amides is 1. The summed E-state index contributed by atoms with van der Waals surface area (Å²) in [6.07, 6.45) is -0.198. The van der Waals surface area contributed by atoms with Gasteiger partial charge in [0.15, 0.2) is 23.4 Å². The molecule has 1 atom stereocenters. The number of methoxy groups -OCH3 is 1. The number of likely N-dealkylation sites (N-methyl/N-ethyl adjacent to an activating group) is 1. The largest absolute Gasteiger partial charge is 0.496 e. The fourth-order valence-electron chi connectivity index (χ4n) is 3.03. The van der Waals surface area contributed by atoms with Crippen molar-refractivity contribution in [2.45, 2.75) is 18.8 Å². The van der Waals surface area contributed by atoms with Crippen molar-refractivity contribution in [3.05, 3.63) is 53.6 Å². The molecule has 154 valence electrons. The highest BCUT2D eigenvalue weighted by molar-refractivity contribution is 7.99. The van der Waals surface area contributed by atoms with E-state index in [1.807, 2.05) is 30.3 Å². The van der Waals surface area contributed by atoms with Gasteiger partial charge in [0, 0.05) is 23.9 Å². The topological polar surface area (TPSA) is 65.1 Å². The third-order valence-corrected chi connectivity index (χ3v) is 5.61. The average Bonchev–Trinajstić information content (AvgIpc) is 2.73. The molecule has 1 aliphatic rings. The molecule has 29 heavy (non-hydrogen) atoms. The van der Waals surface area contributed by atoms with Gasteiger partial charge in [0.05, 0.1) is 19.4 Å². The summed E-state index contributed by atoms with van der Waals surface area (Å²) in [5.74, 6) is 3.08. The van der Waals surface area contributed by atoms with Gasteiger partial charge in [-0.1, -0.05) is 12.1 Å². The molecule has 2 aromatic carbocycles. The number of ketones is 1. The molecule has 6 nitrogen and oxygen atoms in total. The van der Waals surface area contributed by atoms with Gasteiger partial charge in [0.1, 0.15) is 12.4 Å². The lowest BCUT2D eigenvalue weighted by Gasteiger charge is -2.29. The van der Waals surface area contributed by atoms with Gasteiger partial charge in [0.2, 0.25) is 5.91 Å². The van der Waals surface area contributed by atoms with Gasteiger partial charge >= 0.3 is 0 Å². The van der Waals surface area contributed by atoms with Crippen molar-refractivity contribution in [2.75, 3.05) is 33.1 Å². The lowest BCUT2D eigenvalue weighted by Crippen LogP contribution is -2.42. The standard InChI is InChI=1S/C22H25NO5S/c1-15(24)16-8-9-19(26-3)17(10-16)13-29-14-22(25)23(2)11-18-12-27-20-6-4-5-7-21(20)28-18/h4-10,18H,11-14H2,1-3H3. The van der Waals surface area contributed by atoms with Gasteiger partial charge in [-0.25, -0.2) is 0 Å². The van der Waals surface area contributed by atoms with E-state index in [0.29, 0.717) is 36.0 Å². The summed E-state index contributed by atoms with van der Waals surface area (Å²) in [4.78, 5) is 25.8. The predicted molar refractivity (Wildman–Crippen MR) is 113 cm³/mol. The van der Waals surface area contributed by atoms with Crippen molar-refractivity contribution >= 4 is 23.5 Å². The minimum Gasteiger partial charge on any atom is -0.496 e. The van der Waals surface area contributed by atoms with Gasteiger partial charge in [-0.15, -0.1) is 11.8 Å². The summed E-state index contributed by atoms with van der Waals surface area (Å²) in [6.45, 7) is 2.40. The van der Waals surface area contributed by atoms with E-state index in [1.165, 1.54) is 18.7 Å². The zero-order valence-electron chi connectivity index (χ0n) is 16.8. The van der Waals surface area contributed by atoms with Crippen LogP contribution in [0.1, 0.15) is 22.8 Å². The second-order valence-corrected chi connectivity index (χ2v) is 7.83. The maximum absolute atomic E-state index is 12.5. The Labute approximate surface area is 175 Å². The highest BCUT2D eigenvalue weighted by Crippen LogP contribution is 2.31. The number of fused-ring (bicyclic) bond motifs is 1. The van der Waals surface area contributed by atoms with Crippen LogP contribution in [0, 0.1) is 0 Å². The second kappa shape index (κ2) is 9.69. The van der Waals surface area contributed by atoms with Gasteiger partial charge in [-0.3, -0.25) is 9.59 Å². The Balaban J connectivity index is 1.50. The second-order valence-electron chi connectivity index (χ2n) is 6.85. The van der Waals surface area contributed by atoms with Gasteiger partial charge in [-0.2, -0.15) is 0 Å². The maximum Gasteiger partial charge on any atom is 0.232 e. The van der Waals surface area contributed by atoms with E-state index >= 15 is 0 Å². The first-order valence-corrected chi connectivity index (χ1v) is 10.5. The number of carbonyl (C=O) groups excluding carboxylic acids is 2. The highest BCUT2D eigenvalue weighted by atomic mass is 32.2. The summed E-state index contributed by atoms with van der Waals surface area (Å²) in [6, 6.07) is 12.9. The smallest absolute Gasteiger partial charge is 0.232 e. The molecular formula is C22H25NO5S. The van der Waals surface area contributed by atoms with Gasteiger partial charge in [0.25, 0.3) is 0 Å². The van der Waals surface area contributed by atoms with E-state index in [1.54, 1.807) is 31.2 Å². The zero-order valence-corrected chi connectivity index (χ0v) is 17.7. The minimum atomic E-state index is -0.198. The molecule has 1 unspecified atom stereocenters. The van der Waals surface area contributed by atoms with Crippen LogP contribution in [0.2, 0.25) is 0 Å². The molecule has 0 saturated heterocycles. The zero-order chi connectivity index (χ0) is 20.8. The van der Waals surface area contributed by atoms with Crippen molar-refractivity contribution in [3.63, 3.8) is 0 Å². The molecule has 2 aromatic rings. The predicted octanol–water partition coefficient (Wildman–Crippen LogP) is 3.43. The van der Waals surface area contributed by atoms with E-state index in [2.05, 4.69) is 0 Å². The Morgan fingerprint density at radius 1 is 1.21 bits per heavy atom. The van der Waals surface area contributed by atoms with Crippen LogP contribution in [0.3, 0.4) is 0 Å². The molecule has 0 aliphatic carbocycles. The van der Waals surface area contributed by atoms with Crippen molar-refractivity contribution in [2.24, 2.45) is 0 Å². The number of hydrogen-bond acceptors (Lipinski definition) is 6. The number of hydrogen-bond donors (Lipinski definition) is 0. The summed E-state index contributed by atoms with van der Waals surface area (Å²) < 4.78 is 17.0. The van der Waals surface area contributed by atoms with Crippen LogP contribution in [-0.4, -0.2) is 55.8 Å². The molecule has 7 heteroatoms. The van der Waals surface area contributed by atoms with Crippen LogP contribution in [0.15, 0.2) is 42.5 Å². The fourth-order valence-corrected chi connectivity index (χ4v) is 3.97. The minimum absolute atomic E-state index is 0.00554. The van der Waals surface area contributed by atoms with Crippen LogP contribution < -0.4 is 14.2 Å². The van der Waals surface area contributed by atoms with Crippen molar-refractivity contribution in [1.82, 2.24) is 4.90 Å². The Bertz CT molecular complexity index is 885. The quantitative estimate of drug-likeness (QED) is 0.616. The number of rotatable bonds is 8. The van der Waals surface area contributed by atoms with E-state index in [9.17, 15) is 9.59 Å². The maximum atomic E-state index is 12.5. The fraction of sp³-hybridized carbons (Fsp3) is 0.364. The molecule has 1 aliphatic heterocycles. The normalized spacial score (nSPS) is 14.9. The number of ether oxygens (including phenoxy) is 3. The molecule has 0 saturated carbocycles. The lowest BCUT2D eigenvalue weighted by atomic mass is 10.1. The van der Waals surface area contributed by atoms with E-state index in [-0.39, 0.29) is 17.8 Å². The number of nitrogens with zero attached hydrogens (tertiary/aromatic N) is 1. The van der Waals surface area contributed by atoms with Crippen molar-refractivity contribution in [1.29, 1.82) is 0 Å². The highest BCUT2D eigenvalue weighted by Gasteiger charge is 2.23. The third-order valence-electron chi connectivity index (χ3n) is 4.64.